The fourth-order valence-corrected chi connectivity index (χ4v) is 6.81. The molecule has 0 aliphatic carbocycles. The molecule has 3 aromatic carbocycles. The molecule has 5 rings (SSSR count). The summed E-state index contributed by atoms with van der Waals surface area (Å²) in [5.41, 5.74) is 1.54. The van der Waals surface area contributed by atoms with Crippen LogP contribution >= 0.6 is 11.8 Å². The molecule has 0 radical (unpaired) electrons. The third-order valence-electron chi connectivity index (χ3n) is 7.27. The fraction of sp³-hybridized carbons (Fsp3) is 0.286. The number of aliphatic carboxylic acids is 1. The number of carbonyl (C=O) groups is 2. The van der Waals surface area contributed by atoms with Gasteiger partial charge in [0.15, 0.2) is 0 Å². The smallest absolute Gasteiger partial charge is 0.312 e. The highest BCUT2D eigenvalue weighted by Gasteiger charge is 2.58. The zero-order chi connectivity index (χ0) is 23.8. The Bertz CT molecular complexity index is 1080. The molecule has 2 aliphatic rings. The highest BCUT2D eigenvalue weighted by atomic mass is 32.2. The number of β-lactam (4-membered cyclic amide) rings is 1. The van der Waals surface area contributed by atoms with Gasteiger partial charge in [-0.1, -0.05) is 97.9 Å². The van der Waals surface area contributed by atoms with E-state index in [4.69, 9.17) is 0 Å². The number of carbonyl (C=O) groups excluding carboxylic acids is 1. The van der Waals surface area contributed by atoms with Crippen LogP contribution in [0.5, 0.6) is 0 Å². The standard InChI is InChI=1S/C28H28N2O3S/c1-2-27(26(32)33)18-30-24(31)23(25(30)34-19-27)29-28(20-12-6-3-7-13-20,21-14-8-4-9-15-21)22-16-10-5-11-17-22/h3-17,23,25,29H,2,18-19H2,1H3,(H,32,33)/t23?,25-,27?/m1/s1. The molecule has 2 saturated heterocycles. The Balaban J connectivity index is 1.57. The van der Waals surface area contributed by atoms with Crippen molar-refractivity contribution in [2.24, 2.45) is 5.41 Å². The third-order valence-corrected chi connectivity index (χ3v) is 8.86. The maximum Gasteiger partial charge on any atom is 0.312 e. The second kappa shape index (κ2) is 8.93. The normalized spacial score (nSPS) is 24.3. The molecule has 2 heterocycles. The minimum absolute atomic E-state index is 0.0385. The molecule has 3 aromatic rings. The molecule has 1 amide bonds. The van der Waals surface area contributed by atoms with E-state index in [1.165, 1.54) is 0 Å². The fourth-order valence-electron chi connectivity index (χ4n) is 5.17. The van der Waals surface area contributed by atoms with E-state index in [2.05, 4.69) is 41.7 Å². The Kier molecular flexibility index (Phi) is 5.96. The van der Waals surface area contributed by atoms with Crippen LogP contribution in [0.2, 0.25) is 0 Å². The Labute approximate surface area is 204 Å². The van der Waals surface area contributed by atoms with Crippen LogP contribution in [0.3, 0.4) is 0 Å². The van der Waals surface area contributed by atoms with Gasteiger partial charge in [0.25, 0.3) is 0 Å². The predicted octanol–water partition coefficient (Wildman–Crippen LogP) is 4.33. The largest absolute Gasteiger partial charge is 0.481 e. The lowest BCUT2D eigenvalue weighted by molar-refractivity contribution is -0.158. The van der Waals surface area contributed by atoms with Gasteiger partial charge in [-0.2, -0.15) is 0 Å². The topological polar surface area (TPSA) is 69.6 Å². The minimum atomic E-state index is -0.878. The molecule has 2 unspecified atom stereocenters. The number of fused-ring (bicyclic) bond motifs is 1. The summed E-state index contributed by atoms with van der Waals surface area (Å²) in [6.45, 7) is 2.16. The number of rotatable bonds is 7. The molecule has 34 heavy (non-hydrogen) atoms. The van der Waals surface area contributed by atoms with E-state index < -0.39 is 23.0 Å². The van der Waals surface area contributed by atoms with Gasteiger partial charge in [-0.15, -0.1) is 11.8 Å². The minimum Gasteiger partial charge on any atom is -0.481 e. The molecule has 0 bridgehead atoms. The van der Waals surface area contributed by atoms with Gasteiger partial charge in [0.1, 0.15) is 11.4 Å². The summed E-state index contributed by atoms with van der Waals surface area (Å²) >= 11 is 1.57. The van der Waals surface area contributed by atoms with Crippen LogP contribution in [0.15, 0.2) is 91.0 Å². The van der Waals surface area contributed by atoms with E-state index in [0.29, 0.717) is 12.2 Å². The zero-order valence-electron chi connectivity index (χ0n) is 19.1. The maximum atomic E-state index is 13.5. The lowest BCUT2D eigenvalue weighted by Crippen LogP contribution is -2.75. The summed E-state index contributed by atoms with van der Waals surface area (Å²) in [5.74, 6) is -0.360. The number of nitrogens with one attached hydrogen (secondary N) is 1. The van der Waals surface area contributed by atoms with Crippen molar-refractivity contribution in [1.82, 2.24) is 10.2 Å². The molecule has 0 aromatic heterocycles. The van der Waals surface area contributed by atoms with Crippen LogP contribution in [0.25, 0.3) is 0 Å². The number of benzene rings is 3. The van der Waals surface area contributed by atoms with Crippen LogP contribution in [-0.2, 0) is 15.1 Å². The molecular weight excluding hydrogens is 444 g/mol. The van der Waals surface area contributed by atoms with E-state index in [1.54, 1.807) is 16.7 Å². The number of hydrogen-bond acceptors (Lipinski definition) is 4. The molecule has 0 spiro atoms. The third kappa shape index (κ3) is 3.53. The number of carboxylic acid groups (broad SMARTS) is 1. The van der Waals surface area contributed by atoms with E-state index in [-0.39, 0.29) is 17.8 Å². The first kappa shape index (κ1) is 22.7. The molecule has 0 saturated carbocycles. The van der Waals surface area contributed by atoms with E-state index in [1.807, 2.05) is 61.5 Å². The van der Waals surface area contributed by atoms with E-state index in [9.17, 15) is 14.7 Å². The van der Waals surface area contributed by atoms with E-state index >= 15 is 0 Å². The Morgan fingerprint density at radius 2 is 1.44 bits per heavy atom. The lowest BCUT2D eigenvalue weighted by Gasteiger charge is -2.56. The second-order valence-electron chi connectivity index (χ2n) is 9.08. The Morgan fingerprint density at radius 3 is 1.85 bits per heavy atom. The van der Waals surface area contributed by atoms with Crippen molar-refractivity contribution in [3.8, 4) is 0 Å². The predicted molar refractivity (Wildman–Crippen MR) is 134 cm³/mol. The molecule has 2 fully saturated rings. The summed E-state index contributed by atoms with van der Waals surface area (Å²) in [7, 11) is 0. The van der Waals surface area contributed by atoms with Crippen molar-refractivity contribution < 1.29 is 14.7 Å². The van der Waals surface area contributed by atoms with Gasteiger partial charge in [0.2, 0.25) is 5.91 Å². The van der Waals surface area contributed by atoms with Crippen molar-refractivity contribution in [2.75, 3.05) is 12.3 Å². The molecule has 174 valence electrons. The highest BCUT2D eigenvalue weighted by Crippen LogP contribution is 2.46. The first-order chi connectivity index (χ1) is 16.5. The number of hydrogen-bond donors (Lipinski definition) is 2. The summed E-state index contributed by atoms with van der Waals surface area (Å²) in [4.78, 5) is 27.2. The number of amides is 1. The maximum absolute atomic E-state index is 13.5. The van der Waals surface area contributed by atoms with E-state index in [0.717, 1.165) is 16.7 Å². The van der Waals surface area contributed by atoms with Crippen LogP contribution in [0.1, 0.15) is 30.0 Å². The summed E-state index contributed by atoms with van der Waals surface area (Å²) in [6.07, 6.45) is 0.506. The van der Waals surface area contributed by atoms with Crippen LogP contribution < -0.4 is 5.32 Å². The monoisotopic (exact) mass is 472 g/mol. The average Bonchev–Trinajstić information content (AvgIpc) is 2.90. The molecule has 5 nitrogen and oxygen atoms in total. The van der Waals surface area contributed by atoms with Crippen LogP contribution in [0.4, 0.5) is 0 Å². The number of nitrogens with zero attached hydrogens (tertiary/aromatic N) is 1. The molecule has 3 atom stereocenters. The van der Waals surface area contributed by atoms with Gasteiger partial charge in [-0.05, 0) is 23.1 Å². The van der Waals surface area contributed by atoms with Gasteiger partial charge in [0, 0.05) is 12.3 Å². The van der Waals surface area contributed by atoms with Gasteiger partial charge in [-0.3, -0.25) is 14.9 Å². The first-order valence-electron chi connectivity index (χ1n) is 11.6. The van der Waals surface area contributed by atoms with Gasteiger partial charge in [-0.25, -0.2) is 0 Å². The Hall–Kier alpha value is -3.09. The van der Waals surface area contributed by atoms with Crippen LogP contribution in [0, 0.1) is 5.41 Å². The number of carboxylic acids is 1. The van der Waals surface area contributed by atoms with Crippen molar-refractivity contribution >= 4 is 23.6 Å². The average molecular weight is 473 g/mol. The van der Waals surface area contributed by atoms with Crippen LogP contribution in [-0.4, -0.2) is 45.6 Å². The second-order valence-corrected chi connectivity index (χ2v) is 10.2. The Morgan fingerprint density at radius 1 is 0.971 bits per heavy atom. The molecule has 2 aliphatic heterocycles. The van der Waals surface area contributed by atoms with Crippen molar-refractivity contribution in [1.29, 1.82) is 0 Å². The quantitative estimate of drug-likeness (QED) is 0.396. The molecule has 6 heteroatoms. The first-order valence-corrected chi connectivity index (χ1v) is 12.7. The SMILES string of the molecule is CCC1(C(=O)O)CS[C@@H]2C(NC(c3ccccc3)(c3ccccc3)c3ccccc3)C(=O)N2C1. The molecular formula is C28H28N2O3S. The molecule has 2 N–H and O–H groups in total. The van der Waals surface area contributed by atoms with Crippen molar-refractivity contribution in [2.45, 2.75) is 30.3 Å². The van der Waals surface area contributed by atoms with Crippen molar-refractivity contribution in [3.05, 3.63) is 108 Å². The van der Waals surface area contributed by atoms with Crippen molar-refractivity contribution in [3.63, 3.8) is 0 Å². The summed E-state index contributed by atoms with van der Waals surface area (Å²) in [6, 6.07) is 30.2. The summed E-state index contributed by atoms with van der Waals surface area (Å²) < 4.78 is 0. The highest BCUT2D eigenvalue weighted by molar-refractivity contribution is 8.00. The van der Waals surface area contributed by atoms with Gasteiger partial charge < -0.3 is 10.0 Å². The number of thioether (sulfide) groups is 1. The lowest BCUT2D eigenvalue weighted by atomic mass is 9.75. The van der Waals surface area contributed by atoms with Gasteiger partial charge >= 0.3 is 5.97 Å². The van der Waals surface area contributed by atoms with Gasteiger partial charge in [0.05, 0.1) is 11.0 Å². The summed E-state index contributed by atoms with van der Waals surface area (Å²) in [5, 5.41) is 13.5. The zero-order valence-corrected chi connectivity index (χ0v) is 19.9.